The Morgan fingerprint density at radius 3 is 2.84 bits per heavy atom. The molecule has 0 bridgehead atoms. The van der Waals surface area contributed by atoms with E-state index in [4.69, 9.17) is 29.1 Å². The van der Waals surface area contributed by atoms with Crippen molar-refractivity contribution in [1.82, 2.24) is 4.57 Å². The Morgan fingerprint density at radius 1 is 1.28 bits per heavy atom. The van der Waals surface area contributed by atoms with Crippen LogP contribution in [0.3, 0.4) is 0 Å². The van der Waals surface area contributed by atoms with Crippen LogP contribution in [0.25, 0.3) is 0 Å². The second kappa shape index (κ2) is 7.42. The van der Waals surface area contributed by atoms with Crippen molar-refractivity contribution < 1.29 is 23.4 Å². The van der Waals surface area contributed by atoms with Gasteiger partial charge in [0.2, 0.25) is 18.4 Å². The number of ether oxygens (including phenoxy) is 4. The van der Waals surface area contributed by atoms with Crippen LogP contribution in [-0.4, -0.2) is 18.5 Å². The number of fused-ring (bicyclic) bond motifs is 2. The maximum atomic E-state index is 13.7. The molecule has 2 aromatic heterocycles. The van der Waals surface area contributed by atoms with Gasteiger partial charge in [0.1, 0.15) is 23.2 Å². The molecule has 0 radical (unpaired) electrons. The molecule has 9 nitrogen and oxygen atoms in total. The molecule has 0 fully saturated rings. The van der Waals surface area contributed by atoms with E-state index < -0.39 is 5.92 Å². The number of rotatable bonds is 4. The Labute approximate surface area is 182 Å². The summed E-state index contributed by atoms with van der Waals surface area (Å²) in [5.41, 5.74) is 7.47. The van der Waals surface area contributed by atoms with E-state index in [1.807, 2.05) is 0 Å². The summed E-state index contributed by atoms with van der Waals surface area (Å²) in [5, 5.41) is 9.88. The van der Waals surface area contributed by atoms with Crippen LogP contribution in [0.1, 0.15) is 28.5 Å². The third-order valence-corrected chi connectivity index (χ3v) is 5.60. The van der Waals surface area contributed by atoms with E-state index in [9.17, 15) is 10.1 Å². The fourth-order valence-electron chi connectivity index (χ4n) is 4.09. The second-order valence-electron chi connectivity index (χ2n) is 7.42. The topological polar surface area (TPSA) is 122 Å². The van der Waals surface area contributed by atoms with E-state index in [1.54, 1.807) is 48.1 Å². The van der Waals surface area contributed by atoms with Crippen molar-refractivity contribution in [3.63, 3.8) is 0 Å². The third-order valence-electron chi connectivity index (χ3n) is 5.60. The molecule has 5 rings (SSSR count). The number of aryl methyl sites for hydroxylation is 1. The SMILES string of the molecule is COc1cc(C2C(C#N)=C(N)Oc3cc(C)n(Cc4ccco4)c(=O)c32)cc2c1OCO2. The molecule has 1 aromatic carbocycles. The highest BCUT2D eigenvalue weighted by Crippen LogP contribution is 2.47. The summed E-state index contributed by atoms with van der Waals surface area (Å²) in [5.74, 6) is 1.48. The normalized spacial score (nSPS) is 16.3. The molecule has 1 unspecified atom stereocenters. The number of hydrogen-bond acceptors (Lipinski definition) is 8. The van der Waals surface area contributed by atoms with Crippen LogP contribution in [0.4, 0.5) is 0 Å². The zero-order valence-electron chi connectivity index (χ0n) is 17.4. The fourth-order valence-corrected chi connectivity index (χ4v) is 4.09. The van der Waals surface area contributed by atoms with Crippen LogP contribution in [0.5, 0.6) is 23.0 Å². The average Bonchev–Trinajstić information content (AvgIpc) is 3.46. The summed E-state index contributed by atoms with van der Waals surface area (Å²) in [6.45, 7) is 2.09. The Bertz CT molecular complexity index is 1350. The van der Waals surface area contributed by atoms with Crippen LogP contribution in [0.2, 0.25) is 0 Å². The monoisotopic (exact) mass is 433 g/mol. The number of furan rings is 1. The molecule has 2 aliphatic heterocycles. The molecule has 0 saturated heterocycles. The lowest BCUT2D eigenvalue weighted by Crippen LogP contribution is -2.33. The minimum absolute atomic E-state index is 0.0516. The first-order chi connectivity index (χ1) is 15.5. The van der Waals surface area contributed by atoms with Gasteiger partial charge >= 0.3 is 0 Å². The minimum Gasteiger partial charge on any atom is -0.493 e. The van der Waals surface area contributed by atoms with Gasteiger partial charge in [-0.1, -0.05) is 0 Å². The van der Waals surface area contributed by atoms with Gasteiger partial charge in [0.05, 0.1) is 31.4 Å². The first kappa shape index (κ1) is 19.6. The van der Waals surface area contributed by atoms with E-state index in [-0.39, 0.29) is 30.4 Å². The van der Waals surface area contributed by atoms with Crippen LogP contribution in [-0.2, 0) is 6.54 Å². The average molecular weight is 433 g/mol. The number of allylic oxidation sites excluding steroid dienone is 1. The minimum atomic E-state index is -0.775. The number of hydrogen-bond donors (Lipinski definition) is 1. The first-order valence-corrected chi connectivity index (χ1v) is 9.83. The lowest BCUT2D eigenvalue weighted by atomic mass is 9.83. The molecule has 2 aliphatic rings. The van der Waals surface area contributed by atoms with Crippen molar-refractivity contribution >= 4 is 0 Å². The van der Waals surface area contributed by atoms with E-state index in [2.05, 4.69) is 6.07 Å². The highest BCUT2D eigenvalue weighted by Gasteiger charge is 2.36. The summed E-state index contributed by atoms with van der Waals surface area (Å²) in [7, 11) is 1.51. The largest absolute Gasteiger partial charge is 0.493 e. The summed E-state index contributed by atoms with van der Waals surface area (Å²) in [4.78, 5) is 13.7. The quantitative estimate of drug-likeness (QED) is 0.667. The zero-order chi connectivity index (χ0) is 22.4. The molecule has 4 heterocycles. The Kier molecular flexibility index (Phi) is 4.56. The highest BCUT2D eigenvalue weighted by atomic mass is 16.7. The molecule has 3 aromatic rings. The number of methoxy groups -OCH3 is 1. The van der Waals surface area contributed by atoms with Gasteiger partial charge in [-0.3, -0.25) is 4.79 Å². The van der Waals surface area contributed by atoms with Crippen LogP contribution in [0, 0.1) is 18.3 Å². The van der Waals surface area contributed by atoms with Crippen molar-refractivity contribution in [2.75, 3.05) is 13.9 Å². The molecule has 32 heavy (non-hydrogen) atoms. The molecule has 0 spiro atoms. The Balaban J connectivity index is 1.74. The molecular formula is C23H19N3O6. The predicted octanol–water partition coefficient (Wildman–Crippen LogP) is 2.75. The highest BCUT2D eigenvalue weighted by molar-refractivity contribution is 5.61. The molecule has 9 heteroatoms. The maximum absolute atomic E-state index is 13.7. The predicted molar refractivity (Wildman–Crippen MR) is 112 cm³/mol. The van der Waals surface area contributed by atoms with Gasteiger partial charge in [-0.25, -0.2) is 0 Å². The van der Waals surface area contributed by atoms with Gasteiger partial charge in [-0.05, 0) is 36.8 Å². The van der Waals surface area contributed by atoms with Crippen LogP contribution >= 0.6 is 0 Å². The first-order valence-electron chi connectivity index (χ1n) is 9.83. The van der Waals surface area contributed by atoms with E-state index in [0.29, 0.717) is 45.6 Å². The second-order valence-corrected chi connectivity index (χ2v) is 7.42. The Hall–Kier alpha value is -4.32. The van der Waals surface area contributed by atoms with Crippen LogP contribution in [0.15, 0.2) is 57.3 Å². The number of aromatic nitrogens is 1. The van der Waals surface area contributed by atoms with Gasteiger partial charge in [0, 0.05) is 11.8 Å². The van der Waals surface area contributed by atoms with E-state index >= 15 is 0 Å². The smallest absolute Gasteiger partial charge is 0.259 e. The summed E-state index contributed by atoms with van der Waals surface area (Å²) >= 11 is 0. The van der Waals surface area contributed by atoms with Crippen LogP contribution < -0.4 is 30.2 Å². The zero-order valence-corrected chi connectivity index (χ0v) is 17.4. The van der Waals surface area contributed by atoms with Gasteiger partial charge < -0.3 is 33.7 Å². The lowest BCUT2D eigenvalue weighted by molar-refractivity contribution is 0.171. The summed E-state index contributed by atoms with van der Waals surface area (Å²) in [6.07, 6.45) is 1.55. The van der Waals surface area contributed by atoms with Gasteiger partial charge in [-0.2, -0.15) is 5.26 Å². The number of nitrogens with zero attached hydrogens (tertiary/aromatic N) is 2. The number of nitrogens with two attached hydrogens (primary N) is 1. The van der Waals surface area contributed by atoms with Gasteiger partial charge in [-0.15, -0.1) is 0 Å². The van der Waals surface area contributed by atoms with Crippen molar-refractivity contribution in [2.24, 2.45) is 5.73 Å². The lowest BCUT2D eigenvalue weighted by Gasteiger charge is -2.27. The molecule has 0 aliphatic carbocycles. The standard InChI is InChI=1S/C23H19N3O6/c1-12-6-16-20(23(27)26(12)10-14-4-3-5-29-14)19(15(9-24)22(25)32-16)13-7-17(28-2)21-18(8-13)30-11-31-21/h3-8,19H,10-11,25H2,1-2H3. The van der Waals surface area contributed by atoms with Crippen molar-refractivity contribution in [3.8, 4) is 29.1 Å². The maximum Gasteiger partial charge on any atom is 0.259 e. The summed E-state index contributed by atoms with van der Waals surface area (Å²) < 4.78 is 29.2. The molecule has 0 saturated carbocycles. The van der Waals surface area contributed by atoms with Crippen molar-refractivity contribution in [1.29, 1.82) is 5.26 Å². The van der Waals surface area contributed by atoms with E-state index in [0.717, 1.165) is 0 Å². The van der Waals surface area contributed by atoms with Gasteiger partial charge in [0.15, 0.2) is 11.5 Å². The fraction of sp³-hybridized carbons (Fsp3) is 0.217. The van der Waals surface area contributed by atoms with Crippen molar-refractivity contribution in [3.05, 3.63) is 81.0 Å². The van der Waals surface area contributed by atoms with Gasteiger partial charge in [0.25, 0.3) is 5.56 Å². The third kappa shape index (κ3) is 2.96. The Morgan fingerprint density at radius 2 is 2.12 bits per heavy atom. The number of pyridine rings is 1. The van der Waals surface area contributed by atoms with E-state index in [1.165, 1.54) is 7.11 Å². The number of benzene rings is 1. The molecule has 2 N–H and O–H groups in total. The number of nitriles is 1. The summed E-state index contributed by atoms with van der Waals surface area (Å²) in [6, 6.07) is 10.8. The molecular weight excluding hydrogens is 414 g/mol. The molecule has 1 atom stereocenters. The van der Waals surface area contributed by atoms with Crippen molar-refractivity contribution in [2.45, 2.75) is 19.4 Å². The molecule has 162 valence electrons. The molecule has 0 amide bonds.